The molecule has 0 atom stereocenters. The van der Waals surface area contributed by atoms with Gasteiger partial charge in [0.1, 0.15) is 11.2 Å². The Balaban J connectivity index is 1.40. The summed E-state index contributed by atoms with van der Waals surface area (Å²) in [4.78, 5) is 17.0. The molecule has 10 nitrogen and oxygen atoms in total. The predicted molar refractivity (Wildman–Crippen MR) is 227 cm³/mol. The quantitative estimate of drug-likeness (QED) is 0.113. The van der Waals surface area contributed by atoms with E-state index in [9.17, 15) is 26.4 Å². The summed E-state index contributed by atoms with van der Waals surface area (Å²) in [5.41, 5.74) is -3.08. The molecule has 4 aromatic rings. The Morgan fingerprint density at radius 1 is 0.831 bits per heavy atom. The smallest absolute Gasteiger partial charge is 0.471 e. The van der Waals surface area contributed by atoms with Crippen molar-refractivity contribution in [1.82, 2.24) is 14.6 Å². The number of rotatable bonds is 15. The summed E-state index contributed by atoms with van der Waals surface area (Å²) in [5, 5.41) is 8.22. The van der Waals surface area contributed by atoms with Gasteiger partial charge in [-0.3, -0.25) is 0 Å². The van der Waals surface area contributed by atoms with Crippen LogP contribution in [0.5, 0.6) is 5.88 Å². The van der Waals surface area contributed by atoms with Crippen molar-refractivity contribution in [2.75, 3.05) is 31.6 Å². The van der Waals surface area contributed by atoms with E-state index >= 15 is 0 Å². The average molecular weight is 882 g/mol. The van der Waals surface area contributed by atoms with Crippen molar-refractivity contribution in [2.24, 2.45) is 0 Å². The number of fused-ring (bicyclic) bond motifs is 1. The summed E-state index contributed by atoms with van der Waals surface area (Å²) in [5.74, 6) is 0.104. The number of piperidine rings is 1. The second-order valence-electron chi connectivity index (χ2n) is 17.0. The number of anilines is 1. The van der Waals surface area contributed by atoms with Crippen LogP contribution < -0.4 is 15.4 Å². The number of alkyl carbamates (subject to hydrolysis) is 1. The van der Waals surface area contributed by atoms with Gasteiger partial charge >= 0.3 is 21.6 Å². The maximum Gasteiger partial charge on any atom is 0.511 e. The number of alkyl halides is 3. The maximum atomic E-state index is 13.4. The Morgan fingerprint density at radius 2 is 1.39 bits per heavy atom. The molecular formula is C43H53Cl2F3N4O6S. The number of pyridine rings is 1. The Hall–Kier alpha value is -3.82. The van der Waals surface area contributed by atoms with Crippen LogP contribution in [-0.4, -0.2) is 78.4 Å². The fourth-order valence-electron chi connectivity index (χ4n) is 6.82. The average Bonchev–Trinajstić information content (AvgIpc) is 3.12. The van der Waals surface area contributed by atoms with Crippen molar-refractivity contribution in [3.63, 3.8) is 0 Å². The summed E-state index contributed by atoms with van der Waals surface area (Å²) >= 11 is 12.5. The van der Waals surface area contributed by atoms with Gasteiger partial charge in [0.25, 0.3) is 0 Å². The molecular weight excluding hydrogens is 828 g/mol. The second-order valence-corrected chi connectivity index (χ2v) is 19.8. The van der Waals surface area contributed by atoms with Crippen molar-refractivity contribution >= 4 is 55.9 Å². The summed E-state index contributed by atoms with van der Waals surface area (Å²) in [6.07, 6.45) is 0.860. The molecule has 0 unspecified atom stereocenters. The molecule has 0 radical (unpaired) electrons. The van der Waals surface area contributed by atoms with Crippen molar-refractivity contribution < 1.29 is 40.6 Å². The zero-order valence-electron chi connectivity index (χ0n) is 34.4. The zero-order valence-corrected chi connectivity index (χ0v) is 36.7. The van der Waals surface area contributed by atoms with Gasteiger partial charge in [-0.2, -0.15) is 17.5 Å². The fourth-order valence-corrected chi connectivity index (χ4v) is 8.06. The maximum absolute atomic E-state index is 13.4. The molecule has 3 aromatic carbocycles. The van der Waals surface area contributed by atoms with Gasteiger partial charge in [-0.05, 0) is 121 Å². The lowest BCUT2D eigenvalue weighted by atomic mass is 9.84. The minimum absolute atomic E-state index is 0.152. The van der Waals surface area contributed by atoms with Gasteiger partial charge in [-0.25, -0.2) is 18.2 Å². The van der Waals surface area contributed by atoms with E-state index in [1.807, 2.05) is 94.4 Å². The minimum Gasteiger partial charge on any atom is -0.471 e. The van der Waals surface area contributed by atoms with Gasteiger partial charge in [0, 0.05) is 65.2 Å². The van der Waals surface area contributed by atoms with Crippen LogP contribution in [0.3, 0.4) is 0 Å². The van der Waals surface area contributed by atoms with E-state index in [1.54, 1.807) is 26.8 Å². The number of ether oxygens (including phenoxy) is 3. The van der Waals surface area contributed by atoms with E-state index in [0.717, 1.165) is 22.1 Å². The molecule has 0 spiro atoms. The molecule has 1 saturated heterocycles. The van der Waals surface area contributed by atoms with Crippen molar-refractivity contribution in [3.05, 3.63) is 99.5 Å². The highest BCUT2D eigenvalue weighted by Crippen LogP contribution is 2.38. The van der Waals surface area contributed by atoms with Crippen LogP contribution in [0.2, 0.25) is 10.0 Å². The number of sulfonamides is 1. The summed E-state index contributed by atoms with van der Waals surface area (Å²) in [6, 6.07) is 22.6. The largest absolute Gasteiger partial charge is 0.511 e. The van der Waals surface area contributed by atoms with Gasteiger partial charge < -0.3 is 24.8 Å². The number of hydrogen-bond donors (Lipinski definition) is 2. The van der Waals surface area contributed by atoms with Gasteiger partial charge in [0.05, 0.1) is 17.7 Å². The molecule has 0 bridgehead atoms. The van der Waals surface area contributed by atoms with E-state index < -0.39 is 38.4 Å². The number of benzene rings is 3. The minimum atomic E-state index is -5.44. The lowest BCUT2D eigenvalue weighted by Gasteiger charge is -2.33. The highest BCUT2D eigenvalue weighted by Gasteiger charge is 2.50. The molecule has 1 aliphatic heterocycles. The molecule has 1 aliphatic rings. The van der Waals surface area contributed by atoms with Gasteiger partial charge in [0.15, 0.2) is 0 Å². The number of aromatic nitrogens is 1. The Kier molecular flexibility index (Phi) is 14.4. The van der Waals surface area contributed by atoms with Gasteiger partial charge in [-0.15, -0.1) is 0 Å². The fraction of sp³-hybridized carbons (Fsp3) is 0.488. The number of carbonyl (C=O) groups is 1. The predicted octanol–water partition coefficient (Wildman–Crippen LogP) is 10.7. The third-order valence-electron chi connectivity index (χ3n) is 9.97. The molecule has 59 heavy (non-hydrogen) atoms. The highest BCUT2D eigenvalue weighted by molar-refractivity contribution is 7.90. The number of nitrogens with zero attached hydrogens (tertiary/aromatic N) is 2. The first kappa shape index (κ1) is 46.2. The first-order valence-corrected chi connectivity index (χ1v) is 21.7. The van der Waals surface area contributed by atoms with E-state index in [2.05, 4.69) is 10.6 Å². The first-order valence-electron chi connectivity index (χ1n) is 19.5. The molecule has 2 heterocycles. The normalized spacial score (nSPS) is 15.1. The monoisotopic (exact) mass is 880 g/mol. The number of hydrogen-bond acceptors (Lipinski definition) is 8. The Morgan fingerprint density at radius 3 is 1.93 bits per heavy atom. The SMILES string of the molecule is CC(C)(C)OC(=O)NCCC(C)(C)OCCC(C)(C)Oc1cc(NC2CCN(S(=O)(=O)C(F)(F)F)CC2)c2cc(C(c3ccc(Cl)cc3)c3ccc(Cl)cc3)ccc2n1. The molecule has 2 N–H and O–H groups in total. The summed E-state index contributed by atoms with van der Waals surface area (Å²) in [7, 11) is -5.44. The lowest BCUT2D eigenvalue weighted by molar-refractivity contribution is -0.0495. The molecule has 0 saturated carbocycles. The van der Waals surface area contributed by atoms with Crippen LogP contribution in [0.25, 0.3) is 10.9 Å². The summed E-state index contributed by atoms with van der Waals surface area (Å²) < 4.78 is 82.9. The molecule has 16 heteroatoms. The number of carbonyl (C=O) groups excluding carboxylic acids is 1. The highest BCUT2D eigenvalue weighted by atomic mass is 35.5. The number of nitrogens with one attached hydrogen (secondary N) is 2. The molecule has 1 aromatic heterocycles. The topological polar surface area (TPSA) is 119 Å². The van der Waals surface area contributed by atoms with Crippen LogP contribution >= 0.6 is 23.2 Å². The van der Waals surface area contributed by atoms with Crippen LogP contribution in [0.1, 0.15) is 96.8 Å². The second kappa shape index (κ2) is 18.4. The lowest BCUT2D eigenvalue weighted by Crippen LogP contribution is -2.47. The standard InChI is InChI=1S/C43H53Cl2F3N4O6S/c1-40(2,3)58-39(53)49-22-20-41(4,5)56-25-21-42(6,7)57-37-27-36(50-33-18-23-52(24-19-33)59(54,55)43(46,47)48)34-26-30(12-17-35(34)51-37)38(28-8-13-31(44)14-9-28)29-10-15-32(45)16-11-29/h8-17,26-27,33,38H,18-25H2,1-7H3,(H,49,53)(H,50,51). The summed E-state index contributed by atoms with van der Waals surface area (Å²) in [6.45, 7) is 13.3. The van der Waals surface area contributed by atoms with Crippen LogP contribution in [-0.2, 0) is 19.5 Å². The van der Waals surface area contributed by atoms with Crippen LogP contribution in [0, 0.1) is 0 Å². The number of halogens is 5. The molecule has 0 aliphatic carbocycles. The van der Waals surface area contributed by atoms with Gasteiger partial charge in [0.2, 0.25) is 5.88 Å². The Labute approximate surface area is 355 Å². The first-order chi connectivity index (χ1) is 27.4. The number of amides is 1. The van der Waals surface area contributed by atoms with E-state index in [1.165, 1.54) is 0 Å². The van der Waals surface area contributed by atoms with Crippen molar-refractivity contribution in [2.45, 2.75) is 108 Å². The van der Waals surface area contributed by atoms with E-state index in [0.29, 0.717) is 57.4 Å². The molecule has 5 rings (SSSR count). The molecule has 1 fully saturated rings. The molecule has 322 valence electrons. The zero-order chi connectivity index (χ0) is 43.4. The van der Waals surface area contributed by atoms with E-state index in [4.69, 9.17) is 42.4 Å². The Bertz CT molecular complexity index is 2130. The van der Waals surface area contributed by atoms with Crippen molar-refractivity contribution in [3.8, 4) is 5.88 Å². The van der Waals surface area contributed by atoms with Crippen molar-refractivity contribution in [1.29, 1.82) is 0 Å². The van der Waals surface area contributed by atoms with Gasteiger partial charge in [-0.1, -0.05) is 53.5 Å². The molecule has 1 amide bonds. The van der Waals surface area contributed by atoms with Crippen LogP contribution in [0.15, 0.2) is 72.8 Å². The van der Waals surface area contributed by atoms with Crippen LogP contribution in [0.4, 0.5) is 23.7 Å². The van der Waals surface area contributed by atoms with E-state index in [-0.39, 0.29) is 37.9 Å². The third kappa shape index (κ3) is 12.8. The third-order valence-corrected chi connectivity index (χ3v) is 12.1.